The summed E-state index contributed by atoms with van der Waals surface area (Å²) in [5.41, 5.74) is 0.911. The van der Waals surface area contributed by atoms with Gasteiger partial charge in [-0.3, -0.25) is 0 Å². The first-order valence-corrected chi connectivity index (χ1v) is 9.15. The van der Waals surface area contributed by atoms with Gasteiger partial charge in [0.25, 0.3) is 0 Å². The van der Waals surface area contributed by atoms with Crippen LogP contribution in [0, 0.1) is 6.57 Å². The molecule has 0 bridgehead atoms. The van der Waals surface area contributed by atoms with Crippen molar-refractivity contribution in [1.82, 2.24) is 0 Å². The third kappa shape index (κ3) is 6.60. The number of benzene rings is 2. The predicted molar refractivity (Wildman–Crippen MR) is 103 cm³/mol. The van der Waals surface area contributed by atoms with Gasteiger partial charge in [-0.25, -0.2) is 9.64 Å². The molecule has 4 heteroatoms. The summed E-state index contributed by atoms with van der Waals surface area (Å²) in [7, 11) is 0. The topological polar surface area (TPSA) is 39.9 Å². The highest BCUT2D eigenvalue weighted by Crippen LogP contribution is 2.20. The monoisotopic (exact) mass is 351 g/mol. The molecular weight excluding hydrogens is 326 g/mol. The number of carbonyl (C=O) groups is 1. The van der Waals surface area contributed by atoms with Crippen molar-refractivity contribution in [2.75, 3.05) is 6.61 Å². The third-order valence-corrected chi connectivity index (χ3v) is 4.03. The maximum Gasteiger partial charge on any atom is 0.343 e. The zero-order chi connectivity index (χ0) is 18.6. The third-order valence-electron chi connectivity index (χ3n) is 4.03. The lowest BCUT2D eigenvalue weighted by Crippen LogP contribution is -2.08. The molecule has 0 saturated heterocycles. The number of hydrogen-bond acceptors (Lipinski definition) is 3. The molecular formula is C22H25NO3. The molecule has 0 radical (unpaired) electrons. The van der Waals surface area contributed by atoms with Gasteiger partial charge < -0.3 is 9.47 Å². The lowest BCUT2D eigenvalue weighted by Gasteiger charge is -2.08. The summed E-state index contributed by atoms with van der Waals surface area (Å²) in [6.45, 7) is 9.84. The molecule has 26 heavy (non-hydrogen) atoms. The fourth-order valence-corrected chi connectivity index (χ4v) is 2.51. The Balaban J connectivity index is 1.74. The van der Waals surface area contributed by atoms with Crippen LogP contribution in [0.4, 0.5) is 5.69 Å². The first kappa shape index (κ1) is 19.5. The lowest BCUT2D eigenvalue weighted by atomic mass is 10.1. The molecule has 0 atom stereocenters. The van der Waals surface area contributed by atoms with Crippen molar-refractivity contribution < 1.29 is 14.3 Å². The first-order valence-electron chi connectivity index (χ1n) is 9.15. The van der Waals surface area contributed by atoms with Gasteiger partial charge in [-0.2, -0.15) is 0 Å². The van der Waals surface area contributed by atoms with Crippen LogP contribution in [0.5, 0.6) is 11.5 Å². The van der Waals surface area contributed by atoms with Crippen molar-refractivity contribution in [3.05, 3.63) is 65.5 Å². The van der Waals surface area contributed by atoms with E-state index in [1.807, 2.05) is 12.1 Å². The van der Waals surface area contributed by atoms with Gasteiger partial charge in [0.15, 0.2) is 5.69 Å². The van der Waals surface area contributed by atoms with Crippen LogP contribution in [0.2, 0.25) is 0 Å². The summed E-state index contributed by atoms with van der Waals surface area (Å²) in [5.74, 6) is 0.804. The van der Waals surface area contributed by atoms with Crippen LogP contribution >= 0.6 is 0 Å². The minimum absolute atomic E-state index is 0.417. The van der Waals surface area contributed by atoms with Crippen LogP contribution < -0.4 is 9.47 Å². The van der Waals surface area contributed by atoms with Crippen LogP contribution in [0.3, 0.4) is 0 Å². The van der Waals surface area contributed by atoms with Crippen LogP contribution in [-0.2, 0) is 0 Å². The second kappa shape index (κ2) is 10.9. The van der Waals surface area contributed by atoms with Crippen molar-refractivity contribution in [3.8, 4) is 11.5 Å². The predicted octanol–water partition coefficient (Wildman–Crippen LogP) is 6.20. The van der Waals surface area contributed by atoms with E-state index in [0.29, 0.717) is 23.6 Å². The highest BCUT2D eigenvalue weighted by atomic mass is 16.5. The van der Waals surface area contributed by atoms with Crippen molar-refractivity contribution in [2.45, 2.75) is 45.4 Å². The Morgan fingerprint density at radius 2 is 1.50 bits per heavy atom. The van der Waals surface area contributed by atoms with Crippen molar-refractivity contribution >= 4 is 11.7 Å². The summed E-state index contributed by atoms with van der Waals surface area (Å²) in [4.78, 5) is 15.4. The van der Waals surface area contributed by atoms with Crippen LogP contribution in [-0.4, -0.2) is 12.6 Å². The molecule has 0 aliphatic heterocycles. The van der Waals surface area contributed by atoms with Crippen LogP contribution in [0.25, 0.3) is 4.85 Å². The maximum atomic E-state index is 12.1. The molecule has 0 saturated carbocycles. The molecule has 2 rings (SSSR count). The first-order chi connectivity index (χ1) is 12.7. The number of hydrogen-bond donors (Lipinski definition) is 0. The molecule has 0 aliphatic carbocycles. The average Bonchev–Trinajstić information content (AvgIpc) is 2.68. The molecule has 2 aromatic rings. The van der Waals surface area contributed by atoms with E-state index in [1.54, 1.807) is 36.4 Å². The molecule has 2 aromatic carbocycles. The normalized spacial score (nSPS) is 10.2. The minimum atomic E-state index is -0.442. The van der Waals surface area contributed by atoms with E-state index < -0.39 is 5.97 Å². The highest BCUT2D eigenvalue weighted by molar-refractivity contribution is 5.91. The fraction of sp³-hybridized carbons (Fsp3) is 0.364. The van der Waals surface area contributed by atoms with Crippen molar-refractivity contribution in [1.29, 1.82) is 0 Å². The Labute approximate surface area is 155 Å². The van der Waals surface area contributed by atoms with E-state index in [0.717, 1.165) is 12.2 Å². The van der Waals surface area contributed by atoms with E-state index >= 15 is 0 Å². The molecule has 0 unspecified atom stereocenters. The Morgan fingerprint density at radius 1 is 0.885 bits per heavy atom. The molecule has 0 fully saturated rings. The largest absolute Gasteiger partial charge is 0.494 e. The van der Waals surface area contributed by atoms with Gasteiger partial charge in [0.1, 0.15) is 11.5 Å². The van der Waals surface area contributed by atoms with Gasteiger partial charge in [-0.1, -0.05) is 63.3 Å². The second-order valence-corrected chi connectivity index (χ2v) is 6.14. The smallest absolute Gasteiger partial charge is 0.343 e. The molecule has 0 aliphatic rings. The standard InChI is InChI=1S/C22H25NO3/c1-3-4-5-6-7-8-17-25-20-13-15-21(16-14-20)26-22(24)18-9-11-19(23-2)12-10-18/h9-16H,3-8,17H2,1H3. The van der Waals surface area contributed by atoms with Gasteiger partial charge in [-0.15, -0.1) is 0 Å². The molecule has 136 valence electrons. The summed E-state index contributed by atoms with van der Waals surface area (Å²) in [5, 5.41) is 0. The van der Waals surface area contributed by atoms with Gasteiger partial charge in [-0.05, 0) is 30.7 Å². The average molecular weight is 351 g/mol. The number of esters is 1. The van der Waals surface area contributed by atoms with E-state index in [2.05, 4.69) is 11.8 Å². The zero-order valence-electron chi connectivity index (χ0n) is 15.2. The SMILES string of the molecule is [C-]#[N+]c1ccc(C(=O)Oc2ccc(OCCCCCCCC)cc2)cc1. The number of rotatable bonds is 10. The van der Waals surface area contributed by atoms with Crippen LogP contribution in [0.1, 0.15) is 55.8 Å². The summed E-state index contributed by atoms with van der Waals surface area (Å²) in [6.07, 6.45) is 7.40. The maximum absolute atomic E-state index is 12.1. The molecule has 4 nitrogen and oxygen atoms in total. The van der Waals surface area contributed by atoms with Crippen LogP contribution in [0.15, 0.2) is 48.5 Å². The van der Waals surface area contributed by atoms with E-state index in [1.165, 1.54) is 32.1 Å². The van der Waals surface area contributed by atoms with Gasteiger partial charge >= 0.3 is 5.97 Å². The van der Waals surface area contributed by atoms with Gasteiger partial charge in [0.2, 0.25) is 0 Å². The summed E-state index contributed by atoms with van der Waals surface area (Å²) in [6, 6.07) is 13.4. The molecule has 0 amide bonds. The van der Waals surface area contributed by atoms with Crippen molar-refractivity contribution in [3.63, 3.8) is 0 Å². The number of ether oxygens (including phenoxy) is 2. The lowest BCUT2D eigenvalue weighted by molar-refractivity contribution is 0.0734. The Morgan fingerprint density at radius 3 is 2.15 bits per heavy atom. The number of carbonyl (C=O) groups excluding carboxylic acids is 1. The van der Waals surface area contributed by atoms with Crippen molar-refractivity contribution in [2.24, 2.45) is 0 Å². The zero-order valence-corrected chi connectivity index (χ0v) is 15.2. The van der Waals surface area contributed by atoms with Gasteiger partial charge in [0, 0.05) is 0 Å². The van der Waals surface area contributed by atoms with Gasteiger partial charge in [0.05, 0.1) is 18.7 Å². The summed E-state index contributed by atoms with van der Waals surface area (Å²) >= 11 is 0. The van der Waals surface area contributed by atoms with E-state index in [9.17, 15) is 4.79 Å². The highest BCUT2D eigenvalue weighted by Gasteiger charge is 2.08. The minimum Gasteiger partial charge on any atom is -0.494 e. The summed E-state index contributed by atoms with van der Waals surface area (Å²) < 4.78 is 11.1. The molecule has 0 spiro atoms. The number of unbranched alkanes of at least 4 members (excludes halogenated alkanes) is 5. The number of nitrogens with zero attached hydrogens (tertiary/aromatic N) is 1. The Hall–Kier alpha value is -2.80. The fourth-order valence-electron chi connectivity index (χ4n) is 2.51. The Bertz CT molecular complexity index is 715. The molecule has 0 heterocycles. The van der Waals surface area contributed by atoms with E-state index in [-0.39, 0.29) is 0 Å². The second-order valence-electron chi connectivity index (χ2n) is 6.14. The molecule has 0 aromatic heterocycles. The Kier molecular flexibility index (Phi) is 8.21. The molecule has 0 N–H and O–H groups in total. The quantitative estimate of drug-likeness (QED) is 0.221. The van der Waals surface area contributed by atoms with E-state index in [4.69, 9.17) is 16.0 Å².